The number of nitrogens with one attached hydrogen (secondary N) is 2. The van der Waals surface area contributed by atoms with Gasteiger partial charge >= 0.3 is 0 Å². The molecule has 2 fully saturated rings. The molecule has 0 unspecified atom stereocenters. The van der Waals surface area contributed by atoms with Crippen molar-refractivity contribution >= 4 is 17.6 Å². The number of methoxy groups -OCH3 is 1. The standard InChI is InChI=1S/C23H36ClN3O2/c1-3-25-21(26-17-22(9-6-10-22)11-14-28-2)27-18-23(12-15-29-16-13-23)19-7-4-5-8-20(19)24/h4-5,7-8H,3,6,9-18H2,1-2H3,(H2,25,26,27). The van der Waals surface area contributed by atoms with Crippen LogP contribution in [-0.2, 0) is 14.9 Å². The van der Waals surface area contributed by atoms with Crippen molar-refractivity contribution in [3.05, 3.63) is 34.9 Å². The van der Waals surface area contributed by atoms with Crippen molar-refractivity contribution in [1.29, 1.82) is 0 Å². The summed E-state index contributed by atoms with van der Waals surface area (Å²) in [7, 11) is 1.78. The van der Waals surface area contributed by atoms with Gasteiger partial charge in [0.25, 0.3) is 0 Å². The van der Waals surface area contributed by atoms with Gasteiger partial charge in [0.1, 0.15) is 0 Å². The van der Waals surface area contributed by atoms with Crippen LogP contribution in [0.4, 0.5) is 0 Å². The molecule has 1 aliphatic carbocycles. The first-order valence-corrected chi connectivity index (χ1v) is 11.3. The zero-order valence-electron chi connectivity index (χ0n) is 17.9. The Balaban J connectivity index is 1.71. The average Bonchev–Trinajstić information content (AvgIpc) is 2.72. The fourth-order valence-corrected chi connectivity index (χ4v) is 4.85. The van der Waals surface area contributed by atoms with E-state index in [1.54, 1.807) is 7.11 Å². The minimum Gasteiger partial charge on any atom is -0.385 e. The second-order valence-electron chi connectivity index (χ2n) is 8.52. The van der Waals surface area contributed by atoms with Crippen molar-refractivity contribution in [2.75, 3.05) is 46.6 Å². The minimum absolute atomic E-state index is 0.0308. The van der Waals surface area contributed by atoms with Gasteiger partial charge in [0.05, 0.1) is 0 Å². The number of aliphatic imine (C=N–C) groups is 1. The Hall–Kier alpha value is -1.30. The highest BCUT2D eigenvalue weighted by molar-refractivity contribution is 6.31. The Morgan fingerprint density at radius 2 is 1.93 bits per heavy atom. The fraction of sp³-hybridized carbons (Fsp3) is 0.696. The minimum atomic E-state index is -0.0308. The summed E-state index contributed by atoms with van der Waals surface area (Å²) in [5, 5.41) is 7.89. The van der Waals surface area contributed by atoms with Crippen LogP contribution in [0, 0.1) is 5.41 Å². The summed E-state index contributed by atoms with van der Waals surface area (Å²) in [5.41, 5.74) is 1.50. The maximum Gasteiger partial charge on any atom is 0.191 e. The fourth-order valence-electron chi connectivity index (χ4n) is 4.52. The lowest BCUT2D eigenvalue weighted by molar-refractivity contribution is 0.0513. The zero-order valence-corrected chi connectivity index (χ0v) is 18.7. The van der Waals surface area contributed by atoms with Crippen LogP contribution in [0.2, 0.25) is 5.02 Å². The second-order valence-corrected chi connectivity index (χ2v) is 8.92. The molecule has 1 aromatic carbocycles. The molecule has 0 bridgehead atoms. The number of nitrogens with zero attached hydrogens (tertiary/aromatic N) is 1. The third-order valence-electron chi connectivity index (χ3n) is 6.66. The summed E-state index contributed by atoms with van der Waals surface area (Å²) in [6.45, 7) is 6.96. The highest BCUT2D eigenvalue weighted by Crippen LogP contribution is 2.44. The van der Waals surface area contributed by atoms with Gasteiger partial charge in [-0.3, -0.25) is 4.99 Å². The van der Waals surface area contributed by atoms with Crippen molar-refractivity contribution in [1.82, 2.24) is 10.6 Å². The van der Waals surface area contributed by atoms with Crippen LogP contribution < -0.4 is 10.6 Å². The maximum absolute atomic E-state index is 6.59. The van der Waals surface area contributed by atoms with E-state index in [2.05, 4.69) is 29.7 Å². The first-order valence-electron chi connectivity index (χ1n) is 11.0. The van der Waals surface area contributed by atoms with Gasteiger partial charge in [-0.25, -0.2) is 0 Å². The number of hydrogen-bond acceptors (Lipinski definition) is 3. The molecule has 0 atom stereocenters. The summed E-state index contributed by atoms with van der Waals surface area (Å²) in [6, 6.07) is 8.22. The van der Waals surface area contributed by atoms with Crippen LogP contribution in [0.15, 0.2) is 29.3 Å². The molecule has 5 nitrogen and oxygen atoms in total. The van der Waals surface area contributed by atoms with E-state index < -0.39 is 0 Å². The third kappa shape index (κ3) is 5.65. The Morgan fingerprint density at radius 1 is 1.17 bits per heavy atom. The number of hydrogen-bond donors (Lipinski definition) is 2. The van der Waals surface area contributed by atoms with Crippen LogP contribution in [0.1, 0.15) is 51.0 Å². The average molecular weight is 422 g/mol. The van der Waals surface area contributed by atoms with E-state index in [1.165, 1.54) is 24.8 Å². The lowest BCUT2D eigenvalue weighted by Gasteiger charge is -2.41. The SMILES string of the molecule is CCNC(=NCC1(CCOC)CCC1)NCC1(c2ccccc2Cl)CCOCC1. The van der Waals surface area contributed by atoms with Gasteiger partial charge in [-0.05, 0) is 56.1 Å². The molecular weight excluding hydrogens is 386 g/mol. The molecule has 0 spiro atoms. The molecule has 2 N–H and O–H groups in total. The van der Waals surface area contributed by atoms with Gasteiger partial charge in [0.15, 0.2) is 5.96 Å². The number of ether oxygens (including phenoxy) is 2. The number of halogens is 1. The van der Waals surface area contributed by atoms with Crippen LogP contribution in [0.5, 0.6) is 0 Å². The van der Waals surface area contributed by atoms with Crippen LogP contribution in [0.3, 0.4) is 0 Å². The van der Waals surface area contributed by atoms with Crippen molar-refractivity contribution in [3.63, 3.8) is 0 Å². The van der Waals surface area contributed by atoms with E-state index in [-0.39, 0.29) is 5.41 Å². The van der Waals surface area contributed by atoms with E-state index in [0.29, 0.717) is 5.41 Å². The van der Waals surface area contributed by atoms with E-state index in [4.69, 9.17) is 26.1 Å². The van der Waals surface area contributed by atoms with Crippen LogP contribution in [-0.4, -0.2) is 52.5 Å². The summed E-state index contributed by atoms with van der Waals surface area (Å²) >= 11 is 6.59. The molecule has 0 aromatic heterocycles. The molecule has 0 radical (unpaired) electrons. The lowest BCUT2D eigenvalue weighted by atomic mass is 9.67. The van der Waals surface area contributed by atoms with Gasteiger partial charge in [0.2, 0.25) is 0 Å². The van der Waals surface area contributed by atoms with Gasteiger partial charge in [-0.2, -0.15) is 0 Å². The topological polar surface area (TPSA) is 54.9 Å². The monoisotopic (exact) mass is 421 g/mol. The lowest BCUT2D eigenvalue weighted by Crippen LogP contribution is -2.48. The smallest absolute Gasteiger partial charge is 0.191 e. The molecule has 0 amide bonds. The molecule has 1 heterocycles. The van der Waals surface area contributed by atoms with Crippen LogP contribution >= 0.6 is 11.6 Å². The van der Waals surface area contributed by atoms with Gasteiger partial charge < -0.3 is 20.1 Å². The van der Waals surface area contributed by atoms with Gasteiger partial charge in [0, 0.05) is 57.0 Å². The van der Waals surface area contributed by atoms with Crippen molar-refractivity contribution < 1.29 is 9.47 Å². The molecule has 1 aliphatic heterocycles. The molecular formula is C23H36ClN3O2. The molecule has 1 saturated heterocycles. The molecule has 162 valence electrons. The molecule has 1 aromatic rings. The van der Waals surface area contributed by atoms with E-state index in [1.807, 2.05) is 12.1 Å². The Bertz CT molecular complexity index is 670. The molecule has 6 heteroatoms. The van der Waals surface area contributed by atoms with E-state index in [9.17, 15) is 0 Å². The predicted molar refractivity (Wildman–Crippen MR) is 120 cm³/mol. The van der Waals surface area contributed by atoms with E-state index in [0.717, 1.165) is 69.7 Å². The number of rotatable bonds is 9. The third-order valence-corrected chi connectivity index (χ3v) is 6.99. The highest BCUT2D eigenvalue weighted by atomic mass is 35.5. The molecule has 1 saturated carbocycles. The Kier molecular flexibility index (Phi) is 8.22. The van der Waals surface area contributed by atoms with E-state index >= 15 is 0 Å². The first kappa shape index (κ1) is 22.4. The zero-order chi connectivity index (χ0) is 20.6. The van der Waals surface area contributed by atoms with Crippen molar-refractivity contribution in [2.24, 2.45) is 10.4 Å². The quantitative estimate of drug-likeness (QED) is 0.464. The van der Waals surface area contributed by atoms with Crippen LogP contribution in [0.25, 0.3) is 0 Å². The summed E-state index contributed by atoms with van der Waals surface area (Å²) in [5.74, 6) is 0.897. The maximum atomic E-state index is 6.59. The van der Waals surface area contributed by atoms with Crippen molar-refractivity contribution in [2.45, 2.75) is 50.9 Å². The number of benzene rings is 1. The summed E-state index contributed by atoms with van der Waals surface area (Å²) in [6.07, 6.45) is 6.81. The summed E-state index contributed by atoms with van der Waals surface area (Å²) in [4.78, 5) is 4.97. The largest absolute Gasteiger partial charge is 0.385 e. The van der Waals surface area contributed by atoms with Gasteiger partial charge in [-0.1, -0.05) is 36.2 Å². The number of guanidine groups is 1. The highest BCUT2D eigenvalue weighted by Gasteiger charge is 2.37. The molecule has 2 aliphatic rings. The normalized spacial score (nSPS) is 20.7. The first-order chi connectivity index (χ1) is 14.1. The Morgan fingerprint density at radius 3 is 2.55 bits per heavy atom. The Labute approximate surface area is 180 Å². The summed E-state index contributed by atoms with van der Waals surface area (Å²) < 4.78 is 11.0. The second kappa shape index (κ2) is 10.6. The predicted octanol–water partition coefficient (Wildman–Crippen LogP) is 4.15. The van der Waals surface area contributed by atoms with Crippen molar-refractivity contribution in [3.8, 4) is 0 Å². The van der Waals surface area contributed by atoms with Gasteiger partial charge in [-0.15, -0.1) is 0 Å². The molecule has 3 rings (SSSR count). The molecule has 29 heavy (non-hydrogen) atoms.